The summed E-state index contributed by atoms with van der Waals surface area (Å²) in [6.07, 6.45) is -0.984. The van der Waals surface area contributed by atoms with Gasteiger partial charge in [-0.1, -0.05) is 26.0 Å². The van der Waals surface area contributed by atoms with E-state index in [0.717, 1.165) is 5.56 Å². The molecular weight excluding hydrogens is 206 g/mol. The molecule has 16 heavy (non-hydrogen) atoms. The number of rotatable bonds is 5. The second-order valence-corrected chi connectivity index (χ2v) is 3.91. The van der Waals surface area contributed by atoms with E-state index in [1.54, 1.807) is 6.07 Å². The van der Waals surface area contributed by atoms with Gasteiger partial charge >= 0.3 is 5.97 Å². The first-order valence-corrected chi connectivity index (χ1v) is 5.24. The van der Waals surface area contributed by atoms with Crippen molar-refractivity contribution in [1.82, 2.24) is 0 Å². The van der Waals surface area contributed by atoms with E-state index in [0.29, 0.717) is 11.7 Å². The number of hydrogen-bond donors (Lipinski definition) is 2. The molecule has 0 radical (unpaired) electrons. The van der Waals surface area contributed by atoms with Crippen molar-refractivity contribution < 1.29 is 14.6 Å². The van der Waals surface area contributed by atoms with Crippen LogP contribution in [0.15, 0.2) is 24.3 Å². The third-order valence-corrected chi connectivity index (χ3v) is 2.29. The fourth-order valence-corrected chi connectivity index (χ4v) is 1.31. The van der Waals surface area contributed by atoms with Crippen LogP contribution in [-0.4, -0.2) is 23.7 Å². The van der Waals surface area contributed by atoms with E-state index in [2.05, 4.69) is 13.8 Å². The van der Waals surface area contributed by atoms with Crippen molar-refractivity contribution in [2.24, 2.45) is 5.73 Å². The Hall–Kier alpha value is -1.55. The van der Waals surface area contributed by atoms with Gasteiger partial charge < -0.3 is 15.6 Å². The van der Waals surface area contributed by atoms with Crippen molar-refractivity contribution in [2.45, 2.75) is 25.9 Å². The minimum absolute atomic E-state index is 0.0404. The minimum Gasteiger partial charge on any atom is -0.478 e. The van der Waals surface area contributed by atoms with Crippen molar-refractivity contribution in [3.63, 3.8) is 0 Å². The van der Waals surface area contributed by atoms with E-state index >= 15 is 0 Å². The molecule has 0 aliphatic carbocycles. The van der Waals surface area contributed by atoms with E-state index in [-0.39, 0.29) is 6.54 Å². The molecule has 0 heterocycles. The van der Waals surface area contributed by atoms with Crippen LogP contribution in [0.25, 0.3) is 0 Å². The molecule has 0 aliphatic heterocycles. The van der Waals surface area contributed by atoms with Gasteiger partial charge in [0.1, 0.15) is 5.75 Å². The summed E-state index contributed by atoms with van der Waals surface area (Å²) in [5.41, 5.74) is 6.42. The third-order valence-electron chi connectivity index (χ3n) is 2.29. The van der Waals surface area contributed by atoms with Crippen LogP contribution < -0.4 is 10.5 Å². The number of benzene rings is 1. The summed E-state index contributed by atoms with van der Waals surface area (Å²) >= 11 is 0. The minimum atomic E-state index is -1.04. The number of ether oxygens (including phenoxy) is 1. The van der Waals surface area contributed by atoms with E-state index in [1.165, 1.54) is 0 Å². The van der Waals surface area contributed by atoms with Crippen LogP contribution >= 0.6 is 0 Å². The van der Waals surface area contributed by atoms with E-state index in [4.69, 9.17) is 15.6 Å². The number of aliphatic carboxylic acids is 1. The summed E-state index contributed by atoms with van der Waals surface area (Å²) in [5, 5.41) is 8.81. The molecule has 1 unspecified atom stereocenters. The Morgan fingerprint density at radius 1 is 1.50 bits per heavy atom. The lowest BCUT2D eigenvalue weighted by atomic mass is 10.0. The smallest absolute Gasteiger partial charge is 0.346 e. The maximum Gasteiger partial charge on any atom is 0.346 e. The largest absolute Gasteiger partial charge is 0.478 e. The van der Waals surface area contributed by atoms with E-state index in [9.17, 15) is 4.79 Å². The van der Waals surface area contributed by atoms with Crippen molar-refractivity contribution >= 4 is 5.97 Å². The summed E-state index contributed by atoms with van der Waals surface area (Å²) < 4.78 is 5.29. The summed E-state index contributed by atoms with van der Waals surface area (Å²) in [4.78, 5) is 10.7. The first-order valence-electron chi connectivity index (χ1n) is 5.24. The van der Waals surface area contributed by atoms with Crippen LogP contribution in [0, 0.1) is 0 Å². The average molecular weight is 223 g/mol. The predicted molar refractivity (Wildman–Crippen MR) is 61.6 cm³/mol. The van der Waals surface area contributed by atoms with E-state index < -0.39 is 12.1 Å². The number of carboxylic acid groups (broad SMARTS) is 1. The first kappa shape index (κ1) is 12.5. The topological polar surface area (TPSA) is 72.5 Å². The Bertz CT molecular complexity index is 363. The number of carboxylic acids is 1. The van der Waals surface area contributed by atoms with Gasteiger partial charge in [-0.15, -0.1) is 0 Å². The molecule has 0 bridgehead atoms. The van der Waals surface area contributed by atoms with Gasteiger partial charge in [0.05, 0.1) is 0 Å². The number of carbonyl (C=O) groups is 1. The zero-order valence-corrected chi connectivity index (χ0v) is 9.51. The van der Waals surface area contributed by atoms with Gasteiger partial charge in [-0.2, -0.15) is 0 Å². The Balaban J connectivity index is 2.80. The summed E-state index contributed by atoms with van der Waals surface area (Å²) in [5.74, 6) is -0.119. The number of nitrogens with two attached hydrogens (primary N) is 1. The molecule has 0 fully saturated rings. The van der Waals surface area contributed by atoms with Crippen LogP contribution in [0.3, 0.4) is 0 Å². The van der Waals surface area contributed by atoms with Crippen LogP contribution in [0.2, 0.25) is 0 Å². The molecule has 0 spiro atoms. The summed E-state index contributed by atoms with van der Waals surface area (Å²) in [7, 11) is 0. The molecule has 3 N–H and O–H groups in total. The predicted octanol–water partition coefficient (Wildman–Crippen LogP) is 1.60. The highest BCUT2D eigenvalue weighted by molar-refractivity contribution is 5.73. The molecule has 4 heteroatoms. The molecule has 88 valence electrons. The second-order valence-electron chi connectivity index (χ2n) is 3.91. The van der Waals surface area contributed by atoms with Gasteiger partial charge in [-0.05, 0) is 23.6 Å². The Morgan fingerprint density at radius 2 is 2.19 bits per heavy atom. The van der Waals surface area contributed by atoms with Gasteiger partial charge in [0.2, 0.25) is 6.10 Å². The van der Waals surface area contributed by atoms with Gasteiger partial charge in [-0.25, -0.2) is 4.79 Å². The SMILES string of the molecule is CC(C)c1cccc(OC(CN)C(=O)O)c1. The lowest BCUT2D eigenvalue weighted by Crippen LogP contribution is -2.34. The van der Waals surface area contributed by atoms with Crippen molar-refractivity contribution in [3.8, 4) is 5.75 Å². The van der Waals surface area contributed by atoms with Crippen LogP contribution in [0.4, 0.5) is 0 Å². The molecule has 1 atom stereocenters. The van der Waals surface area contributed by atoms with Gasteiger partial charge in [0.25, 0.3) is 0 Å². The van der Waals surface area contributed by atoms with Gasteiger partial charge in [0, 0.05) is 6.54 Å². The molecule has 0 aliphatic rings. The van der Waals surface area contributed by atoms with Gasteiger partial charge in [0.15, 0.2) is 0 Å². The van der Waals surface area contributed by atoms with Crippen molar-refractivity contribution in [1.29, 1.82) is 0 Å². The lowest BCUT2D eigenvalue weighted by Gasteiger charge is -2.14. The molecule has 0 saturated heterocycles. The summed E-state index contributed by atoms with van der Waals surface area (Å²) in [6, 6.07) is 7.41. The molecule has 0 saturated carbocycles. The highest BCUT2D eigenvalue weighted by Gasteiger charge is 2.17. The molecule has 4 nitrogen and oxygen atoms in total. The molecule has 1 rings (SSSR count). The Kier molecular flexibility index (Phi) is 4.31. The number of hydrogen-bond acceptors (Lipinski definition) is 3. The molecular formula is C12H17NO3. The molecule has 0 amide bonds. The normalized spacial score (nSPS) is 12.5. The fraction of sp³-hybridized carbons (Fsp3) is 0.417. The fourth-order valence-electron chi connectivity index (χ4n) is 1.31. The van der Waals surface area contributed by atoms with Gasteiger partial charge in [-0.3, -0.25) is 0 Å². The standard InChI is InChI=1S/C12H17NO3/c1-8(2)9-4-3-5-10(6-9)16-11(7-13)12(14)15/h3-6,8,11H,7,13H2,1-2H3,(H,14,15). The lowest BCUT2D eigenvalue weighted by molar-refractivity contribution is -0.144. The zero-order valence-electron chi connectivity index (χ0n) is 9.51. The highest BCUT2D eigenvalue weighted by Crippen LogP contribution is 2.20. The average Bonchev–Trinajstić information content (AvgIpc) is 2.25. The molecule has 1 aromatic carbocycles. The molecule has 0 aromatic heterocycles. The van der Waals surface area contributed by atoms with Crippen LogP contribution in [0.1, 0.15) is 25.3 Å². The zero-order chi connectivity index (χ0) is 12.1. The van der Waals surface area contributed by atoms with Crippen molar-refractivity contribution in [2.75, 3.05) is 6.54 Å². The summed E-state index contributed by atoms with van der Waals surface area (Å²) in [6.45, 7) is 4.09. The maximum absolute atomic E-state index is 10.7. The molecule has 1 aromatic rings. The Labute approximate surface area is 95.0 Å². The first-order chi connectivity index (χ1) is 7.54. The van der Waals surface area contributed by atoms with Crippen LogP contribution in [-0.2, 0) is 4.79 Å². The second kappa shape index (κ2) is 5.51. The van der Waals surface area contributed by atoms with Crippen LogP contribution in [0.5, 0.6) is 5.75 Å². The highest BCUT2D eigenvalue weighted by atomic mass is 16.5. The monoisotopic (exact) mass is 223 g/mol. The van der Waals surface area contributed by atoms with Crippen molar-refractivity contribution in [3.05, 3.63) is 29.8 Å². The Morgan fingerprint density at radius 3 is 2.69 bits per heavy atom. The third kappa shape index (κ3) is 3.24. The quantitative estimate of drug-likeness (QED) is 0.795. The maximum atomic E-state index is 10.7. The van der Waals surface area contributed by atoms with E-state index in [1.807, 2.05) is 18.2 Å².